The number of ether oxygens (including phenoxy) is 1. The molecular weight excluding hydrogens is 413 g/mol. The number of aliphatic hydroxyl groups excluding tert-OH is 1. The molecule has 0 saturated carbocycles. The largest absolute Gasteiger partial charge is 0.457 e. The van der Waals surface area contributed by atoms with Crippen molar-refractivity contribution in [1.29, 1.82) is 0 Å². The lowest BCUT2D eigenvalue weighted by Gasteiger charge is -2.28. The number of hydrogen-bond acceptors (Lipinski definition) is 5. The fraction of sp³-hybridized carbons (Fsp3) is 0.182. The van der Waals surface area contributed by atoms with E-state index in [1.807, 2.05) is 18.2 Å². The van der Waals surface area contributed by atoms with Crippen molar-refractivity contribution in [3.8, 4) is 11.5 Å². The fourth-order valence-electron chi connectivity index (χ4n) is 2.91. The molecule has 0 aliphatic rings. The molecule has 0 saturated heterocycles. The van der Waals surface area contributed by atoms with Crippen molar-refractivity contribution in [1.82, 2.24) is 0 Å². The molecule has 0 aliphatic heterocycles. The number of benzene rings is 3. The first kappa shape index (κ1) is 22.1. The highest BCUT2D eigenvalue weighted by atomic mass is 19.4. The Labute approximate surface area is 176 Å². The molecule has 31 heavy (non-hydrogen) atoms. The second-order valence-corrected chi connectivity index (χ2v) is 6.77. The maximum atomic E-state index is 13.0. The first-order valence-corrected chi connectivity index (χ1v) is 9.28. The molecule has 0 aromatic heterocycles. The second kappa shape index (κ2) is 9.48. The van der Waals surface area contributed by atoms with E-state index in [-0.39, 0.29) is 12.2 Å². The van der Waals surface area contributed by atoms with E-state index in [2.05, 4.69) is 0 Å². The molecule has 0 spiro atoms. The zero-order valence-corrected chi connectivity index (χ0v) is 16.2. The summed E-state index contributed by atoms with van der Waals surface area (Å²) in [5.41, 5.74) is 0.670. The van der Waals surface area contributed by atoms with Crippen LogP contribution in [0.1, 0.15) is 5.56 Å². The minimum atomic E-state index is -4.79. The molecule has 3 aromatic rings. The van der Waals surface area contributed by atoms with Crippen LogP contribution in [0.5, 0.6) is 11.5 Å². The van der Waals surface area contributed by atoms with Crippen molar-refractivity contribution < 1.29 is 27.9 Å². The van der Waals surface area contributed by atoms with E-state index in [4.69, 9.17) is 4.74 Å². The van der Waals surface area contributed by atoms with Gasteiger partial charge in [-0.2, -0.15) is 13.2 Å². The van der Waals surface area contributed by atoms with Gasteiger partial charge in [-0.25, -0.2) is 0 Å². The van der Waals surface area contributed by atoms with Gasteiger partial charge in [0.2, 0.25) is 0 Å². The highest BCUT2D eigenvalue weighted by Gasteiger charge is 2.39. The van der Waals surface area contributed by atoms with Crippen LogP contribution in [0.2, 0.25) is 0 Å². The van der Waals surface area contributed by atoms with Crippen LogP contribution in [0.15, 0.2) is 78.9 Å². The Morgan fingerprint density at radius 1 is 0.968 bits per heavy atom. The van der Waals surface area contributed by atoms with Gasteiger partial charge in [-0.05, 0) is 42.0 Å². The van der Waals surface area contributed by atoms with Crippen LogP contribution in [0, 0.1) is 10.1 Å². The smallest absolute Gasteiger partial charge is 0.416 e. The molecule has 0 fully saturated rings. The van der Waals surface area contributed by atoms with Gasteiger partial charge in [0, 0.05) is 24.4 Å². The van der Waals surface area contributed by atoms with E-state index in [0.29, 0.717) is 22.7 Å². The maximum absolute atomic E-state index is 13.0. The monoisotopic (exact) mass is 432 g/mol. The van der Waals surface area contributed by atoms with Gasteiger partial charge in [-0.1, -0.05) is 30.3 Å². The molecule has 1 N–H and O–H groups in total. The summed E-state index contributed by atoms with van der Waals surface area (Å²) in [6, 6.07) is 21.0. The Balaban J connectivity index is 1.83. The van der Waals surface area contributed by atoms with Crippen molar-refractivity contribution in [3.05, 3.63) is 94.5 Å². The number of non-ortho nitro benzene ring substituents is 1. The Bertz CT molecular complexity index is 1010. The standard InChI is InChI=1S/C22H19F3N2O4/c23-22(24,25)21(28)15-26(14-16-5-4-6-18(13-16)27(29)30)17-9-11-20(12-10-17)31-19-7-2-1-3-8-19/h1-13,21,28H,14-15H2. The number of para-hydroxylation sites is 1. The fourth-order valence-corrected chi connectivity index (χ4v) is 2.91. The van der Waals surface area contributed by atoms with Crippen LogP contribution >= 0.6 is 0 Å². The number of anilines is 1. The summed E-state index contributed by atoms with van der Waals surface area (Å²) >= 11 is 0. The molecule has 3 aromatic carbocycles. The summed E-state index contributed by atoms with van der Waals surface area (Å²) in [6.07, 6.45) is -7.37. The third kappa shape index (κ3) is 6.19. The molecule has 0 amide bonds. The van der Waals surface area contributed by atoms with Crippen LogP contribution in [0.4, 0.5) is 24.5 Å². The quantitative estimate of drug-likeness (QED) is 0.385. The van der Waals surface area contributed by atoms with E-state index in [1.165, 1.54) is 23.1 Å². The summed E-state index contributed by atoms with van der Waals surface area (Å²) < 4.78 is 44.5. The average molecular weight is 432 g/mol. The summed E-state index contributed by atoms with van der Waals surface area (Å²) in [6.45, 7) is -0.793. The number of hydrogen-bond donors (Lipinski definition) is 1. The minimum Gasteiger partial charge on any atom is -0.457 e. The number of nitro benzene ring substituents is 1. The number of rotatable bonds is 8. The van der Waals surface area contributed by atoms with Gasteiger partial charge in [-0.3, -0.25) is 10.1 Å². The molecule has 0 bridgehead atoms. The molecule has 0 aliphatic carbocycles. The number of alkyl halides is 3. The van der Waals surface area contributed by atoms with Gasteiger partial charge < -0.3 is 14.7 Å². The summed E-state index contributed by atoms with van der Waals surface area (Å²) in [4.78, 5) is 11.7. The van der Waals surface area contributed by atoms with Crippen LogP contribution in [0.25, 0.3) is 0 Å². The van der Waals surface area contributed by atoms with Crippen LogP contribution in [0.3, 0.4) is 0 Å². The minimum absolute atomic E-state index is 0.0618. The molecular formula is C22H19F3N2O4. The van der Waals surface area contributed by atoms with Crippen LogP contribution < -0.4 is 9.64 Å². The molecule has 9 heteroatoms. The zero-order valence-electron chi connectivity index (χ0n) is 16.2. The molecule has 0 heterocycles. The summed E-state index contributed by atoms with van der Waals surface area (Å²) in [7, 11) is 0. The summed E-state index contributed by atoms with van der Waals surface area (Å²) in [5.74, 6) is 1.10. The number of halogens is 3. The van der Waals surface area contributed by atoms with Gasteiger partial charge in [0.1, 0.15) is 11.5 Å². The van der Waals surface area contributed by atoms with E-state index in [0.717, 1.165) is 0 Å². The normalized spacial score (nSPS) is 12.3. The SMILES string of the molecule is O=[N+]([O-])c1cccc(CN(CC(O)C(F)(F)F)c2ccc(Oc3ccccc3)cc2)c1. The van der Waals surface area contributed by atoms with Gasteiger partial charge in [-0.15, -0.1) is 0 Å². The molecule has 1 atom stereocenters. The molecule has 162 valence electrons. The van der Waals surface area contributed by atoms with Gasteiger partial charge in [0.15, 0.2) is 6.10 Å². The van der Waals surface area contributed by atoms with E-state index < -0.39 is 23.7 Å². The van der Waals surface area contributed by atoms with E-state index in [9.17, 15) is 28.4 Å². The highest BCUT2D eigenvalue weighted by molar-refractivity contribution is 5.51. The Hall–Kier alpha value is -3.59. The lowest BCUT2D eigenvalue weighted by Crippen LogP contribution is -2.40. The molecule has 6 nitrogen and oxygen atoms in total. The molecule has 1 unspecified atom stereocenters. The van der Waals surface area contributed by atoms with Crippen LogP contribution in [-0.4, -0.2) is 28.9 Å². The van der Waals surface area contributed by atoms with Crippen molar-refractivity contribution >= 4 is 11.4 Å². The van der Waals surface area contributed by atoms with E-state index in [1.54, 1.807) is 42.5 Å². The van der Waals surface area contributed by atoms with Gasteiger partial charge in [0.05, 0.1) is 11.5 Å². The van der Waals surface area contributed by atoms with Crippen LogP contribution in [-0.2, 0) is 6.54 Å². The maximum Gasteiger partial charge on any atom is 0.416 e. The predicted molar refractivity (Wildman–Crippen MR) is 109 cm³/mol. The lowest BCUT2D eigenvalue weighted by molar-refractivity contribution is -0.384. The third-order valence-electron chi connectivity index (χ3n) is 4.45. The van der Waals surface area contributed by atoms with Gasteiger partial charge >= 0.3 is 6.18 Å². The van der Waals surface area contributed by atoms with Crippen molar-refractivity contribution in [3.63, 3.8) is 0 Å². The number of nitrogens with zero attached hydrogens (tertiary/aromatic N) is 2. The van der Waals surface area contributed by atoms with Crippen molar-refractivity contribution in [2.24, 2.45) is 0 Å². The average Bonchev–Trinajstić information content (AvgIpc) is 2.74. The van der Waals surface area contributed by atoms with E-state index >= 15 is 0 Å². The first-order valence-electron chi connectivity index (χ1n) is 9.28. The highest BCUT2D eigenvalue weighted by Crippen LogP contribution is 2.28. The number of nitro groups is 1. The molecule has 0 radical (unpaired) electrons. The number of aliphatic hydroxyl groups is 1. The molecule has 3 rings (SSSR count). The van der Waals surface area contributed by atoms with Crippen molar-refractivity contribution in [2.45, 2.75) is 18.8 Å². The summed E-state index contributed by atoms with van der Waals surface area (Å²) in [5, 5.41) is 20.6. The third-order valence-corrected chi connectivity index (χ3v) is 4.45. The van der Waals surface area contributed by atoms with Gasteiger partial charge in [0.25, 0.3) is 5.69 Å². The topological polar surface area (TPSA) is 75.8 Å². The second-order valence-electron chi connectivity index (χ2n) is 6.77. The Morgan fingerprint density at radius 2 is 1.61 bits per heavy atom. The zero-order chi connectivity index (χ0) is 22.4. The Morgan fingerprint density at radius 3 is 2.23 bits per heavy atom. The first-order chi connectivity index (χ1) is 14.7. The predicted octanol–water partition coefficient (Wildman–Crippen LogP) is 5.32. The lowest BCUT2D eigenvalue weighted by atomic mass is 10.1. The Kier molecular flexibility index (Phi) is 6.76. The van der Waals surface area contributed by atoms with Crippen molar-refractivity contribution in [2.75, 3.05) is 11.4 Å².